The maximum atomic E-state index is 12.2. The number of hydrogen-bond donors (Lipinski definition) is 2. The van der Waals surface area contributed by atoms with E-state index in [0.717, 1.165) is 25.2 Å². The van der Waals surface area contributed by atoms with Gasteiger partial charge in [-0.25, -0.2) is 0 Å². The van der Waals surface area contributed by atoms with E-state index in [1.165, 1.54) is 5.56 Å². The van der Waals surface area contributed by atoms with Gasteiger partial charge < -0.3 is 10.6 Å². The first kappa shape index (κ1) is 15.3. The Bertz CT molecular complexity index is 680. The molecule has 1 atom stereocenters. The third-order valence-electron chi connectivity index (χ3n) is 3.88. The summed E-state index contributed by atoms with van der Waals surface area (Å²) in [6, 6.07) is 12.8. The predicted molar refractivity (Wildman–Crippen MR) is 91.1 cm³/mol. The van der Waals surface area contributed by atoms with Gasteiger partial charge in [0.15, 0.2) is 0 Å². The van der Waals surface area contributed by atoms with Crippen LogP contribution in [0.2, 0.25) is 10.0 Å². The van der Waals surface area contributed by atoms with E-state index in [9.17, 15) is 4.79 Å². The molecule has 0 unspecified atom stereocenters. The summed E-state index contributed by atoms with van der Waals surface area (Å²) in [7, 11) is 0. The van der Waals surface area contributed by atoms with Gasteiger partial charge in [-0.05, 0) is 54.8 Å². The molecule has 0 bridgehead atoms. The van der Waals surface area contributed by atoms with Crippen molar-refractivity contribution in [1.29, 1.82) is 0 Å². The van der Waals surface area contributed by atoms with Crippen molar-refractivity contribution >= 4 is 34.8 Å². The first-order valence-electron chi connectivity index (χ1n) is 7.20. The van der Waals surface area contributed by atoms with Crippen LogP contribution in [0, 0.1) is 0 Å². The fourth-order valence-electron chi connectivity index (χ4n) is 2.65. The topological polar surface area (TPSA) is 41.1 Å². The van der Waals surface area contributed by atoms with Crippen molar-refractivity contribution in [2.24, 2.45) is 0 Å². The van der Waals surface area contributed by atoms with Gasteiger partial charge in [0.05, 0.1) is 10.6 Å². The summed E-state index contributed by atoms with van der Waals surface area (Å²) in [5.74, 6) is 0.326. The Morgan fingerprint density at radius 2 is 1.91 bits per heavy atom. The maximum absolute atomic E-state index is 12.2. The average Bonchev–Trinajstić information content (AvgIpc) is 3.02. The molecule has 22 heavy (non-hydrogen) atoms. The van der Waals surface area contributed by atoms with Gasteiger partial charge in [-0.15, -0.1) is 0 Å². The molecule has 114 valence electrons. The van der Waals surface area contributed by atoms with Crippen LogP contribution in [0.4, 0.5) is 5.69 Å². The smallest absolute Gasteiger partial charge is 0.257 e. The molecule has 1 fully saturated rings. The van der Waals surface area contributed by atoms with Gasteiger partial charge in [-0.1, -0.05) is 35.3 Å². The quantitative estimate of drug-likeness (QED) is 0.877. The highest BCUT2D eigenvalue weighted by Gasteiger charge is 2.16. The van der Waals surface area contributed by atoms with E-state index >= 15 is 0 Å². The summed E-state index contributed by atoms with van der Waals surface area (Å²) in [4.78, 5) is 12.2. The van der Waals surface area contributed by atoms with E-state index in [0.29, 0.717) is 21.5 Å². The molecular formula is C17H16Cl2N2O. The van der Waals surface area contributed by atoms with E-state index in [2.05, 4.69) is 22.8 Å². The van der Waals surface area contributed by atoms with Crippen molar-refractivity contribution in [3.05, 3.63) is 63.6 Å². The summed E-state index contributed by atoms with van der Waals surface area (Å²) in [6.45, 7) is 2.09. The van der Waals surface area contributed by atoms with E-state index in [-0.39, 0.29) is 5.91 Å². The van der Waals surface area contributed by atoms with E-state index in [1.807, 2.05) is 12.1 Å². The normalized spacial score (nSPS) is 17.5. The van der Waals surface area contributed by atoms with Crippen LogP contribution in [0.1, 0.15) is 28.3 Å². The molecule has 3 nitrogen and oxygen atoms in total. The van der Waals surface area contributed by atoms with Gasteiger partial charge in [0.2, 0.25) is 0 Å². The van der Waals surface area contributed by atoms with Crippen molar-refractivity contribution in [3.63, 3.8) is 0 Å². The highest BCUT2D eigenvalue weighted by Crippen LogP contribution is 2.25. The number of benzene rings is 2. The average molecular weight is 335 g/mol. The Kier molecular flexibility index (Phi) is 4.67. The minimum Gasteiger partial charge on any atom is -0.322 e. The number of carbonyl (C=O) groups is 1. The molecular weight excluding hydrogens is 319 g/mol. The van der Waals surface area contributed by atoms with Crippen LogP contribution < -0.4 is 10.6 Å². The zero-order valence-electron chi connectivity index (χ0n) is 11.9. The molecule has 0 spiro atoms. The summed E-state index contributed by atoms with van der Waals surface area (Å²) < 4.78 is 0. The van der Waals surface area contributed by atoms with Gasteiger partial charge in [0.25, 0.3) is 5.91 Å². The SMILES string of the molecule is O=C(Nc1ccc([C@@H]2CCNC2)cc1)c1ccc(Cl)cc1Cl. The lowest BCUT2D eigenvalue weighted by Gasteiger charge is -2.11. The van der Waals surface area contributed by atoms with Crippen molar-refractivity contribution < 1.29 is 4.79 Å². The molecule has 1 aliphatic rings. The number of rotatable bonds is 3. The van der Waals surface area contributed by atoms with Gasteiger partial charge >= 0.3 is 0 Å². The van der Waals surface area contributed by atoms with E-state index in [4.69, 9.17) is 23.2 Å². The number of carbonyl (C=O) groups excluding carboxylic acids is 1. The molecule has 0 aromatic heterocycles. The molecule has 2 N–H and O–H groups in total. The second kappa shape index (κ2) is 6.69. The zero-order chi connectivity index (χ0) is 15.5. The lowest BCUT2D eigenvalue weighted by atomic mass is 9.98. The second-order valence-corrected chi connectivity index (χ2v) is 6.23. The van der Waals surface area contributed by atoms with Crippen molar-refractivity contribution in [2.75, 3.05) is 18.4 Å². The van der Waals surface area contributed by atoms with Gasteiger partial charge in [-0.3, -0.25) is 4.79 Å². The lowest BCUT2D eigenvalue weighted by Crippen LogP contribution is -2.12. The van der Waals surface area contributed by atoms with Gasteiger partial charge in [0.1, 0.15) is 0 Å². The molecule has 1 aliphatic heterocycles. The first-order chi connectivity index (χ1) is 10.6. The molecule has 1 saturated heterocycles. The van der Waals surface area contributed by atoms with Crippen LogP contribution in [0.25, 0.3) is 0 Å². The Balaban J connectivity index is 1.71. The lowest BCUT2D eigenvalue weighted by molar-refractivity contribution is 0.102. The Labute approximate surface area is 139 Å². The number of anilines is 1. The molecule has 0 radical (unpaired) electrons. The largest absolute Gasteiger partial charge is 0.322 e. The standard InChI is InChI=1S/C17H16Cl2N2O/c18-13-3-6-15(16(19)9-13)17(22)21-14-4-1-11(2-5-14)12-7-8-20-10-12/h1-6,9,12,20H,7-8,10H2,(H,21,22)/t12-/m1/s1. The van der Waals surface area contributed by atoms with Crippen LogP contribution in [0.3, 0.4) is 0 Å². The number of amides is 1. The zero-order valence-corrected chi connectivity index (χ0v) is 13.4. The number of hydrogen-bond acceptors (Lipinski definition) is 2. The molecule has 1 heterocycles. The van der Waals surface area contributed by atoms with Crippen molar-refractivity contribution in [1.82, 2.24) is 5.32 Å². The Hall–Kier alpha value is -1.55. The molecule has 3 rings (SSSR count). The minimum absolute atomic E-state index is 0.239. The van der Waals surface area contributed by atoms with E-state index in [1.54, 1.807) is 18.2 Å². The summed E-state index contributed by atoms with van der Waals surface area (Å²) in [5.41, 5.74) is 2.47. The summed E-state index contributed by atoms with van der Waals surface area (Å²) in [5, 5.41) is 7.07. The van der Waals surface area contributed by atoms with Crippen LogP contribution in [-0.4, -0.2) is 19.0 Å². The predicted octanol–water partition coefficient (Wildman–Crippen LogP) is 4.32. The van der Waals surface area contributed by atoms with Gasteiger partial charge in [-0.2, -0.15) is 0 Å². The third kappa shape index (κ3) is 3.43. The van der Waals surface area contributed by atoms with Crippen LogP contribution in [0.5, 0.6) is 0 Å². The molecule has 0 saturated carbocycles. The van der Waals surface area contributed by atoms with Crippen LogP contribution >= 0.6 is 23.2 Å². The van der Waals surface area contributed by atoms with Crippen LogP contribution in [0.15, 0.2) is 42.5 Å². The monoisotopic (exact) mass is 334 g/mol. The maximum Gasteiger partial charge on any atom is 0.257 e. The highest BCUT2D eigenvalue weighted by molar-refractivity contribution is 6.37. The molecule has 1 amide bonds. The highest BCUT2D eigenvalue weighted by atomic mass is 35.5. The Morgan fingerprint density at radius 3 is 2.55 bits per heavy atom. The number of nitrogens with one attached hydrogen (secondary N) is 2. The molecule has 5 heteroatoms. The first-order valence-corrected chi connectivity index (χ1v) is 7.96. The number of halogens is 2. The fraction of sp³-hybridized carbons (Fsp3) is 0.235. The molecule has 2 aromatic carbocycles. The minimum atomic E-state index is -0.239. The summed E-state index contributed by atoms with van der Waals surface area (Å²) >= 11 is 11.9. The second-order valence-electron chi connectivity index (χ2n) is 5.39. The third-order valence-corrected chi connectivity index (χ3v) is 4.42. The molecule has 2 aromatic rings. The van der Waals surface area contributed by atoms with Crippen molar-refractivity contribution in [2.45, 2.75) is 12.3 Å². The van der Waals surface area contributed by atoms with Gasteiger partial charge in [0, 0.05) is 17.3 Å². The van der Waals surface area contributed by atoms with Crippen molar-refractivity contribution in [3.8, 4) is 0 Å². The Morgan fingerprint density at radius 1 is 1.14 bits per heavy atom. The molecule has 0 aliphatic carbocycles. The van der Waals surface area contributed by atoms with Crippen LogP contribution in [-0.2, 0) is 0 Å². The summed E-state index contributed by atoms with van der Waals surface area (Å²) in [6.07, 6.45) is 1.16. The fourth-order valence-corrected chi connectivity index (χ4v) is 3.14. The van der Waals surface area contributed by atoms with E-state index < -0.39 is 0 Å².